The van der Waals surface area contributed by atoms with E-state index in [0.29, 0.717) is 4.47 Å². The molecule has 1 aromatic carbocycles. The van der Waals surface area contributed by atoms with Gasteiger partial charge in [0.2, 0.25) is 0 Å². The van der Waals surface area contributed by atoms with Gasteiger partial charge in [0.1, 0.15) is 0 Å². The molecule has 1 aromatic rings. The Morgan fingerprint density at radius 3 is 2.80 bits per heavy atom. The van der Waals surface area contributed by atoms with Gasteiger partial charge in [-0.2, -0.15) is 0 Å². The number of halogens is 1. The molecule has 6 heteroatoms. The fourth-order valence-electron chi connectivity index (χ4n) is 1.02. The van der Waals surface area contributed by atoms with Crippen LogP contribution in [0.4, 0.5) is 0 Å². The zero-order valence-corrected chi connectivity index (χ0v) is 10.3. The molecule has 0 amide bonds. The highest BCUT2D eigenvalue weighted by Gasteiger charge is 2.16. The van der Waals surface area contributed by atoms with Gasteiger partial charge in [-0.3, -0.25) is 0 Å². The Balaban J connectivity index is 3.18. The van der Waals surface area contributed by atoms with E-state index in [1.807, 2.05) is 0 Å². The number of carbonyl (C=O) groups excluding carboxylic acids is 1. The van der Waals surface area contributed by atoms with Crippen LogP contribution in [0, 0.1) is 0 Å². The molecule has 0 saturated heterocycles. The maximum Gasteiger partial charge on any atom is 0.339 e. The first-order valence-corrected chi connectivity index (χ1v) is 6.03. The normalized spacial score (nSPS) is 12.2. The predicted octanol–water partition coefficient (Wildman–Crippen LogP) is 2.21. The Kier molecular flexibility index (Phi) is 4.44. The predicted molar refractivity (Wildman–Crippen MR) is 59.1 cm³/mol. The average molecular weight is 293 g/mol. The quantitative estimate of drug-likeness (QED) is 0.685. The number of esters is 1. The smallest absolute Gasteiger partial charge is 0.339 e. The monoisotopic (exact) mass is 292 g/mol. The lowest BCUT2D eigenvalue weighted by atomic mass is 10.2. The van der Waals surface area contributed by atoms with Crippen LogP contribution in [0.15, 0.2) is 27.6 Å². The highest BCUT2D eigenvalue weighted by molar-refractivity contribution is 9.10. The maximum absolute atomic E-state index is 11.4. The standard InChI is InChI=1S/C9H9BrO4S/c1-2-14-9(11)7-5-6(10)3-4-8(7)15(12)13/h3-5H,2H2,1H3,(H,12,13). The van der Waals surface area contributed by atoms with Gasteiger partial charge in [-0.05, 0) is 25.1 Å². The van der Waals surface area contributed by atoms with Crippen molar-refractivity contribution in [2.24, 2.45) is 0 Å². The van der Waals surface area contributed by atoms with E-state index in [1.54, 1.807) is 13.0 Å². The van der Waals surface area contributed by atoms with E-state index < -0.39 is 17.0 Å². The summed E-state index contributed by atoms with van der Waals surface area (Å²) < 4.78 is 25.3. The first kappa shape index (κ1) is 12.4. The average Bonchev–Trinajstić information content (AvgIpc) is 2.17. The molecule has 0 fully saturated rings. The van der Waals surface area contributed by atoms with E-state index >= 15 is 0 Å². The van der Waals surface area contributed by atoms with Gasteiger partial charge in [0.25, 0.3) is 0 Å². The van der Waals surface area contributed by atoms with Crippen molar-refractivity contribution in [2.75, 3.05) is 6.61 Å². The van der Waals surface area contributed by atoms with Crippen LogP contribution in [-0.4, -0.2) is 21.3 Å². The summed E-state index contributed by atoms with van der Waals surface area (Å²) in [6, 6.07) is 4.46. The summed E-state index contributed by atoms with van der Waals surface area (Å²) in [5.41, 5.74) is 0.104. The molecule has 0 aliphatic rings. The maximum atomic E-state index is 11.4. The third-order valence-corrected chi connectivity index (χ3v) is 2.85. The molecule has 15 heavy (non-hydrogen) atoms. The third-order valence-electron chi connectivity index (χ3n) is 1.63. The summed E-state index contributed by atoms with van der Waals surface area (Å²) >= 11 is 0.982. The van der Waals surface area contributed by atoms with Crippen molar-refractivity contribution in [3.8, 4) is 0 Å². The SMILES string of the molecule is CCOC(=O)c1cc(Br)ccc1S(=O)O. The van der Waals surface area contributed by atoms with Crippen LogP contribution in [0.3, 0.4) is 0 Å². The first-order chi connectivity index (χ1) is 7.06. The third kappa shape index (κ3) is 3.12. The number of rotatable bonds is 3. The van der Waals surface area contributed by atoms with Crippen LogP contribution in [-0.2, 0) is 15.8 Å². The van der Waals surface area contributed by atoms with Crippen LogP contribution in [0.25, 0.3) is 0 Å². The molecule has 0 spiro atoms. The number of hydrogen-bond acceptors (Lipinski definition) is 3. The van der Waals surface area contributed by atoms with Crippen molar-refractivity contribution in [1.82, 2.24) is 0 Å². The van der Waals surface area contributed by atoms with Crippen LogP contribution in [0.5, 0.6) is 0 Å². The summed E-state index contributed by atoms with van der Waals surface area (Å²) in [6.45, 7) is 1.90. The molecule has 0 saturated carbocycles. The molecule has 1 N–H and O–H groups in total. The molecule has 0 heterocycles. The summed E-state index contributed by atoms with van der Waals surface area (Å²) in [5, 5.41) is 0. The highest BCUT2D eigenvalue weighted by atomic mass is 79.9. The van der Waals surface area contributed by atoms with Gasteiger partial charge in [0.15, 0.2) is 11.1 Å². The largest absolute Gasteiger partial charge is 0.462 e. The number of benzene rings is 1. The van der Waals surface area contributed by atoms with E-state index in [-0.39, 0.29) is 17.1 Å². The van der Waals surface area contributed by atoms with Crippen molar-refractivity contribution in [2.45, 2.75) is 11.8 Å². The number of ether oxygens (including phenoxy) is 1. The highest BCUT2D eigenvalue weighted by Crippen LogP contribution is 2.19. The molecular formula is C9H9BrO4S. The van der Waals surface area contributed by atoms with Crippen molar-refractivity contribution in [3.63, 3.8) is 0 Å². The Morgan fingerprint density at radius 2 is 2.27 bits per heavy atom. The summed E-state index contributed by atoms with van der Waals surface area (Å²) in [5.74, 6) is -0.601. The molecule has 0 aromatic heterocycles. The van der Waals surface area contributed by atoms with Crippen molar-refractivity contribution in [1.29, 1.82) is 0 Å². The van der Waals surface area contributed by atoms with Crippen LogP contribution in [0.2, 0.25) is 0 Å². The zero-order valence-electron chi connectivity index (χ0n) is 7.90. The molecule has 0 aliphatic carbocycles. The van der Waals surface area contributed by atoms with Gasteiger partial charge in [0.05, 0.1) is 17.1 Å². The minimum absolute atomic E-state index is 0.0525. The lowest BCUT2D eigenvalue weighted by Crippen LogP contribution is -2.08. The minimum atomic E-state index is -2.19. The first-order valence-electron chi connectivity index (χ1n) is 4.13. The van der Waals surface area contributed by atoms with Crippen molar-refractivity contribution < 1.29 is 18.3 Å². The van der Waals surface area contributed by atoms with Gasteiger partial charge in [-0.25, -0.2) is 9.00 Å². The van der Waals surface area contributed by atoms with Gasteiger partial charge < -0.3 is 9.29 Å². The van der Waals surface area contributed by atoms with Crippen LogP contribution >= 0.6 is 15.9 Å². The van der Waals surface area contributed by atoms with Gasteiger partial charge in [-0.15, -0.1) is 0 Å². The van der Waals surface area contributed by atoms with E-state index in [9.17, 15) is 9.00 Å². The Bertz CT molecular complexity index is 405. The zero-order chi connectivity index (χ0) is 11.4. The minimum Gasteiger partial charge on any atom is -0.462 e. The Labute approximate surface area is 98.0 Å². The second kappa shape index (κ2) is 5.39. The molecule has 1 atom stereocenters. The fourth-order valence-corrected chi connectivity index (χ4v) is 1.90. The fraction of sp³-hybridized carbons (Fsp3) is 0.222. The lowest BCUT2D eigenvalue weighted by molar-refractivity contribution is 0.0521. The summed E-state index contributed by atoms with van der Waals surface area (Å²) in [7, 11) is 0. The second-order valence-electron chi connectivity index (χ2n) is 2.61. The molecule has 0 aliphatic heterocycles. The van der Waals surface area contributed by atoms with Gasteiger partial charge in [0, 0.05) is 4.47 Å². The van der Waals surface area contributed by atoms with E-state index in [1.165, 1.54) is 12.1 Å². The van der Waals surface area contributed by atoms with Crippen LogP contribution < -0.4 is 0 Å². The molecule has 0 radical (unpaired) electrons. The Morgan fingerprint density at radius 1 is 1.60 bits per heavy atom. The van der Waals surface area contributed by atoms with E-state index in [0.717, 1.165) is 0 Å². The molecule has 4 nitrogen and oxygen atoms in total. The number of carbonyl (C=O) groups is 1. The van der Waals surface area contributed by atoms with Crippen LogP contribution in [0.1, 0.15) is 17.3 Å². The Hall–Kier alpha value is -0.720. The second-order valence-corrected chi connectivity index (χ2v) is 4.46. The van der Waals surface area contributed by atoms with Gasteiger partial charge >= 0.3 is 5.97 Å². The summed E-state index contributed by atoms with van der Waals surface area (Å²) in [4.78, 5) is 11.5. The molecular weight excluding hydrogens is 284 g/mol. The molecule has 0 bridgehead atoms. The van der Waals surface area contributed by atoms with Crippen molar-refractivity contribution in [3.05, 3.63) is 28.2 Å². The lowest BCUT2D eigenvalue weighted by Gasteiger charge is -2.05. The van der Waals surface area contributed by atoms with E-state index in [4.69, 9.17) is 9.29 Å². The van der Waals surface area contributed by atoms with Gasteiger partial charge in [-0.1, -0.05) is 15.9 Å². The topological polar surface area (TPSA) is 63.6 Å². The molecule has 1 rings (SSSR count). The molecule has 1 unspecified atom stereocenters. The van der Waals surface area contributed by atoms with Crippen molar-refractivity contribution >= 4 is 33.0 Å². The summed E-state index contributed by atoms with van der Waals surface area (Å²) in [6.07, 6.45) is 0. The van der Waals surface area contributed by atoms with E-state index in [2.05, 4.69) is 15.9 Å². The molecule has 82 valence electrons. The number of hydrogen-bond donors (Lipinski definition) is 1.